The number of hydrogen-bond donors (Lipinski definition) is 1. The molecule has 0 saturated heterocycles. The van der Waals surface area contributed by atoms with Crippen LogP contribution in [0, 0.1) is 19.7 Å². The maximum atomic E-state index is 13.5. The Hall–Kier alpha value is -1.68. The Labute approximate surface area is 104 Å². The summed E-state index contributed by atoms with van der Waals surface area (Å²) < 4.78 is 13.5. The van der Waals surface area contributed by atoms with Crippen molar-refractivity contribution in [1.29, 1.82) is 0 Å². The van der Waals surface area contributed by atoms with E-state index < -0.39 is 0 Å². The van der Waals surface area contributed by atoms with E-state index in [1.807, 2.05) is 6.92 Å². The number of anilines is 2. The predicted octanol–water partition coefficient (Wildman–Crippen LogP) is 3.63. The van der Waals surface area contributed by atoms with Gasteiger partial charge in [0.25, 0.3) is 0 Å². The highest BCUT2D eigenvalue weighted by Crippen LogP contribution is 2.21. The van der Waals surface area contributed by atoms with Crippen LogP contribution in [0.5, 0.6) is 0 Å². The number of rotatable bonds is 2. The molecule has 0 aliphatic carbocycles. The van der Waals surface area contributed by atoms with Crippen molar-refractivity contribution in [3.63, 3.8) is 0 Å². The molecule has 1 aromatic heterocycles. The number of hydrogen-bond acceptors (Lipinski definition) is 3. The van der Waals surface area contributed by atoms with Crippen molar-refractivity contribution in [2.75, 3.05) is 5.32 Å². The Morgan fingerprint density at radius 1 is 1.18 bits per heavy atom. The van der Waals surface area contributed by atoms with Gasteiger partial charge in [-0.1, -0.05) is 6.07 Å². The van der Waals surface area contributed by atoms with Gasteiger partial charge in [-0.3, -0.25) is 0 Å². The second-order valence-electron chi connectivity index (χ2n) is 3.77. The zero-order valence-corrected chi connectivity index (χ0v) is 10.2. The Morgan fingerprint density at radius 2 is 1.94 bits per heavy atom. The molecule has 1 heterocycles. The lowest BCUT2D eigenvalue weighted by Gasteiger charge is -2.08. The number of nitrogens with one attached hydrogen (secondary N) is 1. The second-order valence-corrected chi connectivity index (χ2v) is 4.11. The lowest BCUT2D eigenvalue weighted by atomic mass is 10.2. The Bertz CT molecular complexity index is 537. The van der Waals surface area contributed by atoms with Crippen LogP contribution >= 0.6 is 11.6 Å². The Kier molecular flexibility index (Phi) is 3.24. The summed E-state index contributed by atoms with van der Waals surface area (Å²) >= 11 is 5.73. The molecule has 1 N–H and O–H groups in total. The molecule has 1 aromatic carbocycles. The predicted molar refractivity (Wildman–Crippen MR) is 66.2 cm³/mol. The van der Waals surface area contributed by atoms with Gasteiger partial charge in [0.15, 0.2) is 0 Å². The van der Waals surface area contributed by atoms with E-state index >= 15 is 0 Å². The Balaban J connectivity index is 2.34. The summed E-state index contributed by atoms with van der Waals surface area (Å²) in [7, 11) is 0. The van der Waals surface area contributed by atoms with Crippen LogP contribution in [-0.2, 0) is 0 Å². The summed E-state index contributed by atoms with van der Waals surface area (Å²) in [5.41, 5.74) is 2.06. The quantitative estimate of drug-likeness (QED) is 0.829. The van der Waals surface area contributed by atoms with Gasteiger partial charge >= 0.3 is 0 Å². The minimum absolute atomic E-state index is 0.139. The van der Waals surface area contributed by atoms with Gasteiger partial charge in [-0.15, -0.1) is 0 Å². The van der Waals surface area contributed by atoms with E-state index in [0.717, 1.165) is 11.3 Å². The number of halogens is 2. The third kappa shape index (κ3) is 2.91. The minimum atomic E-state index is -0.331. The van der Waals surface area contributed by atoms with Crippen LogP contribution in [0.25, 0.3) is 0 Å². The number of benzene rings is 1. The summed E-state index contributed by atoms with van der Waals surface area (Å²) in [6.45, 7) is 3.69. The van der Waals surface area contributed by atoms with Crippen LogP contribution in [-0.4, -0.2) is 9.97 Å². The number of aromatic nitrogens is 2. The fraction of sp³-hybridized carbons (Fsp3) is 0.167. The van der Waals surface area contributed by atoms with Gasteiger partial charge in [0.2, 0.25) is 5.28 Å². The van der Waals surface area contributed by atoms with E-state index in [-0.39, 0.29) is 11.1 Å². The molecule has 0 atom stereocenters. The summed E-state index contributed by atoms with van der Waals surface area (Å²) in [5.74, 6) is 0.148. The fourth-order valence-corrected chi connectivity index (χ4v) is 1.69. The van der Waals surface area contributed by atoms with Gasteiger partial charge in [-0.25, -0.2) is 14.4 Å². The molecule has 0 aliphatic rings. The average molecular weight is 252 g/mol. The van der Waals surface area contributed by atoms with Crippen LogP contribution in [0.15, 0.2) is 24.3 Å². The maximum absolute atomic E-state index is 13.5. The van der Waals surface area contributed by atoms with Crippen LogP contribution in [0.2, 0.25) is 5.28 Å². The van der Waals surface area contributed by atoms with Crippen molar-refractivity contribution in [2.24, 2.45) is 0 Å². The zero-order chi connectivity index (χ0) is 12.4. The van der Waals surface area contributed by atoms with E-state index in [9.17, 15) is 4.39 Å². The average Bonchev–Trinajstić information content (AvgIpc) is 2.22. The summed E-state index contributed by atoms with van der Waals surface area (Å²) in [5, 5.41) is 3.02. The van der Waals surface area contributed by atoms with Gasteiger partial charge in [-0.2, -0.15) is 0 Å². The molecule has 3 nitrogen and oxygen atoms in total. The van der Waals surface area contributed by atoms with Gasteiger partial charge in [0, 0.05) is 11.8 Å². The molecule has 0 bridgehead atoms. The first kappa shape index (κ1) is 11.8. The smallest absolute Gasteiger partial charge is 0.224 e. The highest BCUT2D eigenvalue weighted by Gasteiger charge is 2.05. The van der Waals surface area contributed by atoms with Crippen molar-refractivity contribution in [1.82, 2.24) is 9.97 Å². The third-order valence-corrected chi connectivity index (χ3v) is 2.38. The standard InChI is InChI=1S/C12H11ClFN3/c1-7-3-4-9(14)10(5-7)16-11-6-8(2)15-12(13)17-11/h3-6H,1-2H3,(H,15,16,17). The topological polar surface area (TPSA) is 37.8 Å². The Morgan fingerprint density at radius 3 is 2.65 bits per heavy atom. The molecular weight excluding hydrogens is 241 g/mol. The fourth-order valence-electron chi connectivity index (χ4n) is 1.47. The molecule has 5 heteroatoms. The van der Waals surface area contributed by atoms with E-state index in [4.69, 9.17) is 11.6 Å². The largest absolute Gasteiger partial charge is 0.338 e. The highest BCUT2D eigenvalue weighted by atomic mass is 35.5. The van der Waals surface area contributed by atoms with Crippen LogP contribution in [0.1, 0.15) is 11.3 Å². The lowest BCUT2D eigenvalue weighted by molar-refractivity contribution is 0.631. The normalized spacial score (nSPS) is 10.4. The summed E-state index contributed by atoms with van der Waals surface area (Å²) in [6.07, 6.45) is 0. The van der Waals surface area contributed by atoms with Gasteiger partial charge in [0.05, 0.1) is 5.69 Å². The zero-order valence-electron chi connectivity index (χ0n) is 9.46. The minimum Gasteiger partial charge on any atom is -0.338 e. The van der Waals surface area contributed by atoms with E-state index in [2.05, 4.69) is 15.3 Å². The molecule has 2 aromatic rings. The monoisotopic (exact) mass is 251 g/mol. The second kappa shape index (κ2) is 4.67. The van der Waals surface area contributed by atoms with Gasteiger partial charge < -0.3 is 5.32 Å². The summed E-state index contributed by atoms with van der Waals surface area (Å²) in [4.78, 5) is 7.91. The van der Waals surface area contributed by atoms with Crippen molar-refractivity contribution in [2.45, 2.75) is 13.8 Å². The molecule has 0 radical (unpaired) electrons. The van der Waals surface area contributed by atoms with Crippen molar-refractivity contribution >= 4 is 23.1 Å². The van der Waals surface area contributed by atoms with E-state index in [1.165, 1.54) is 6.07 Å². The molecule has 0 aliphatic heterocycles. The third-order valence-electron chi connectivity index (χ3n) is 2.21. The van der Waals surface area contributed by atoms with Crippen LogP contribution in [0.3, 0.4) is 0 Å². The van der Waals surface area contributed by atoms with Crippen LogP contribution in [0.4, 0.5) is 15.9 Å². The van der Waals surface area contributed by atoms with Gasteiger partial charge in [0.1, 0.15) is 11.6 Å². The SMILES string of the molecule is Cc1ccc(F)c(Nc2cc(C)nc(Cl)n2)c1. The first-order chi connectivity index (χ1) is 8.04. The highest BCUT2D eigenvalue weighted by molar-refractivity contribution is 6.28. The number of nitrogens with zero attached hydrogens (tertiary/aromatic N) is 2. The molecule has 88 valence electrons. The van der Waals surface area contributed by atoms with E-state index in [1.54, 1.807) is 25.1 Å². The molecule has 17 heavy (non-hydrogen) atoms. The van der Waals surface area contributed by atoms with E-state index in [0.29, 0.717) is 11.5 Å². The first-order valence-corrected chi connectivity index (χ1v) is 5.47. The maximum Gasteiger partial charge on any atom is 0.224 e. The van der Waals surface area contributed by atoms with Gasteiger partial charge in [-0.05, 0) is 43.1 Å². The van der Waals surface area contributed by atoms with Crippen molar-refractivity contribution < 1.29 is 4.39 Å². The molecule has 0 saturated carbocycles. The molecule has 0 fully saturated rings. The molecule has 2 rings (SSSR count). The summed E-state index contributed by atoms with van der Waals surface area (Å²) in [6, 6.07) is 6.53. The molecule has 0 spiro atoms. The molecular formula is C12H11ClFN3. The lowest BCUT2D eigenvalue weighted by Crippen LogP contribution is -1.99. The molecule has 0 unspecified atom stereocenters. The van der Waals surface area contributed by atoms with Crippen molar-refractivity contribution in [3.8, 4) is 0 Å². The number of aryl methyl sites for hydroxylation is 2. The van der Waals surface area contributed by atoms with Crippen molar-refractivity contribution in [3.05, 3.63) is 46.6 Å². The first-order valence-electron chi connectivity index (χ1n) is 5.09. The van der Waals surface area contributed by atoms with Crippen LogP contribution < -0.4 is 5.32 Å². The molecule has 0 amide bonds.